The molecule has 0 unspecified atom stereocenters. The van der Waals surface area contributed by atoms with Crippen LogP contribution in [0.2, 0.25) is 0 Å². The first-order valence-corrected chi connectivity index (χ1v) is 5.75. The normalized spacial score (nSPS) is 10.3. The summed E-state index contributed by atoms with van der Waals surface area (Å²) < 4.78 is 31.7. The van der Waals surface area contributed by atoms with Crippen molar-refractivity contribution in [1.29, 1.82) is 0 Å². The van der Waals surface area contributed by atoms with E-state index < -0.39 is 17.6 Å². The van der Waals surface area contributed by atoms with Crippen molar-refractivity contribution in [2.45, 2.75) is 13.5 Å². The van der Waals surface area contributed by atoms with Crippen molar-refractivity contribution in [2.75, 3.05) is 0 Å². The molecule has 2 rings (SSSR count). The molecule has 104 valence electrons. The number of halogens is 2. The number of aromatic carboxylic acids is 1. The molecule has 1 N–H and O–H groups in total. The molecule has 0 saturated heterocycles. The highest BCUT2D eigenvalue weighted by Crippen LogP contribution is 2.20. The summed E-state index contributed by atoms with van der Waals surface area (Å²) in [6.45, 7) is 1.36. The monoisotopic (exact) mass is 279 g/mol. The molecule has 0 aliphatic carbocycles. The van der Waals surface area contributed by atoms with E-state index in [2.05, 4.69) is 4.98 Å². The quantitative estimate of drug-likeness (QED) is 0.934. The fourth-order valence-corrected chi connectivity index (χ4v) is 1.63. The summed E-state index contributed by atoms with van der Waals surface area (Å²) in [4.78, 5) is 14.9. The standard InChI is InChI=1S/C14H11F2NO3/c1-8-5-6-11(13(17-8)14(18)19)20-7-9-3-2-4-10(15)12(9)16/h2-6H,7H2,1H3,(H,18,19). The maximum absolute atomic E-state index is 13.4. The molecule has 0 radical (unpaired) electrons. The minimum atomic E-state index is -1.25. The Morgan fingerprint density at radius 1 is 1.30 bits per heavy atom. The van der Waals surface area contributed by atoms with Crippen molar-refractivity contribution in [3.05, 3.63) is 58.9 Å². The summed E-state index contributed by atoms with van der Waals surface area (Å²) in [6.07, 6.45) is 0. The molecule has 0 bridgehead atoms. The van der Waals surface area contributed by atoms with E-state index >= 15 is 0 Å². The molecular weight excluding hydrogens is 268 g/mol. The van der Waals surface area contributed by atoms with Gasteiger partial charge in [-0.15, -0.1) is 0 Å². The SMILES string of the molecule is Cc1ccc(OCc2cccc(F)c2F)c(C(=O)O)n1. The van der Waals surface area contributed by atoms with Crippen molar-refractivity contribution in [3.63, 3.8) is 0 Å². The first kappa shape index (κ1) is 13.9. The zero-order valence-electron chi connectivity index (χ0n) is 10.6. The largest absolute Gasteiger partial charge is 0.486 e. The number of carboxylic acids is 1. The summed E-state index contributed by atoms with van der Waals surface area (Å²) in [5.41, 5.74) is 0.260. The molecule has 0 aliphatic rings. The predicted octanol–water partition coefficient (Wildman–Crippen LogP) is 2.95. The molecule has 2 aromatic rings. The molecule has 0 aliphatic heterocycles. The van der Waals surface area contributed by atoms with Crippen LogP contribution in [0.4, 0.5) is 8.78 Å². The number of aromatic nitrogens is 1. The molecule has 1 aromatic heterocycles. The van der Waals surface area contributed by atoms with Gasteiger partial charge in [-0.1, -0.05) is 12.1 Å². The van der Waals surface area contributed by atoms with Crippen LogP contribution < -0.4 is 4.74 Å². The first-order valence-electron chi connectivity index (χ1n) is 5.75. The van der Waals surface area contributed by atoms with Crippen molar-refractivity contribution < 1.29 is 23.4 Å². The van der Waals surface area contributed by atoms with E-state index in [1.54, 1.807) is 13.0 Å². The Morgan fingerprint density at radius 3 is 2.75 bits per heavy atom. The number of pyridine rings is 1. The Kier molecular flexibility index (Phi) is 3.93. The molecule has 20 heavy (non-hydrogen) atoms. The summed E-state index contributed by atoms with van der Waals surface area (Å²) in [5.74, 6) is -3.23. The van der Waals surface area contributed by atoms with Crippen LogP contribution in [0.1, 0.15) is 21.7 Å². The second-order valence-electron chi connectivity index (χ2n) is 4.11. The van der Waals surface area contributed by atoms with Gasteiger partial charge in [0.15, 0.2) is 23.1 Å². The van der Waals surface area contributed by atoms with Crippen LogP contribution in [0.3, 0.4) is 0 Å². The number of hydrogen-bond donors (Lipinski definition) is 1. The van der Waals surface area contributed by atoms with E-state index in [1.165, 1.54) is 18.2 Å². The van der Waals surface area contributed by atoms with E-state index in [1.807, 2.05) is 0 Å². The van der Waals surface area contributed by atoms with Gasteiger partial charge in [-0.3, -0.25) is 0 Å². The van der Waals surface area contributed by atoms with Crippen LogP contribution in [0.5, 0.6) is 5.75 Å². The highest BCUT2D eigenvalue weighted by atomic mass is 19.2. The predicted molar refractivity (Wildman–Crippen MR) is 66.6 cm³/mol. The van der Waals surface area contributed by atoms with E-state index in [0.29, 0.717) is 5.69 Å². The molecule has 4 nitrogen and oxygen atoms in total. The minimum Gasteiger partial charge on any atom is -0.486 e. The first-order chi connectivity index (χ1) is 9.49. The van der Waals surface area contributed by atoms with Gasteiger partial charge in [-0.25, -0.2) is 18.6 Å². The lowest BCUT2D eigenvalue weighted by Crippen LogP contribution is -2.07. The number of rotatable bonds is 4. The van der Waals surface area contributed by atoms with Crippen molar-refractivity contribution in [1.82, 2.24) is 4.98 Å². The zero-order chi connectivity index (χ0) is 14.7. The third-order valence-corrected chi connectivity index (χ3v) is 2.61. The molecule has 0 spiro atoms. The van der Waals surface area contributed by atoms with Crippen LogP contribution in [0, 0.1) is 18.6 Å². The molecule has 6 heteroatoms. The molecule has 0 atom stereocenters. The number of aryl methyl sites for hydroxylation is 1. The smallest absolute Gasteiger partial charge is 0.358 e. The minimum absolute atomic E-state index is 0.00177. The van der Waals surface area contributed by atoms with Gasteiger partial charge in [0.1, 0.15) is 6.61 Å². The molecule has 1 heterocycles. The van der Waals surface area contributed by atoms with Gasteiger partial charge >= 0.3 is 5.97 Å². The Morgan fingerprint density at radius 2 is 2.05 bits per heavy atom. The number of carboxylic acid groups (broad SMARTS) is 1. The van der Waals surface area contributed by atoms with Crippen LogP contribution >= 0.6 is 0 Å². The molecule has 0 fully saturated rings. The second kappa shape index (κ2) is 5.64. The van der Waals surface area contributed by atoms with Crippen molar-refractivity contribution in [3.8, 4) is 5.75 Å². The van der Waals surface area contributed by atoms with E-state index in [-0.39, 0.29) is 23.6 Å². The van der Waals surface area contributed by atoms with Gasteiger partial charge in [0.25, 0.3) is 0 Å². The Hall–Kier alpha value is -2.50. The van der Waals surface area contributed by atoms with E-state index in [9.17, 15) is 13.6 Å². The lowest BCUT2D eigenvalue weighted by molar-refractivity contribution is 0.0684. The fraction of sp³-hybridized carbons (Fsp3) is 0.143. The second-order valence-corrected chi connectivity index (χ2v) is 4.11. The third kappa shape index (κ3) is 2.90. The summed E-state index contributed by atoms with van der Waals surface area (Å²) in [7, 11) is 0. The number of benzene rings is 1. The number of nitrogens with zero attached hydrogens (tertiary/aromatic N) is 1. The van der Waals surface area contributed by atoms with Gasteiger partial charge < -0.3 is 9.84 Å². The van der Waals surface area contributed by atoms with Gasteiger partial charge in [0.05, 0.1) is 0 Å². The van der Waals surface area contributed by atoms with Gasteiger partial charge in [-0.05, 0) is 25.1 Å². The molecule has 0 amide bonds. The van der Waals surface area contributed by atoms with Gasteiger partial charge in [0, 0.05) is 11.3 Å². The van der Waals surface area contributed by atoms with Crippen LogP contribution in [0.15, 0.2) is 30.3 Å². The fourth-order valence-electron chi connectivity index (χ4n) is 1.63. The lowest BCUT2D eigenvalue weighted by atomic mass is 10.2. The highest BCUT2D eigenvalue weighted by Gasteiger charge is 2.15. The highest BCUT2D eigenvalue weighted by molar-refractivity contribution is 5.88. The molecule has 1 aromatic carbocycles. The maximum atomic E-state index is 13.4. The van der Waals surface area contributed by atoms with E-state index in [0.717, 1.165) is 6.07 Å². The van der Waals surface area contributed by atoms with Crippen LogP contribution in [0.25, 0.3) is 0 Å². The third-order valence-electron chi connectivity index (χ3n) is 2.61. The Bertz CT molecular complexity index is 659. The topological polar surface area (TPSA) is 59.4 Å². The summed E-state index contributed by atoms with van der Waals surface area (Å²) in [5, 5.41) is 9.01. The van der Waals surface area contributed by atoms with Gasteiger partial charge in [-0.2, -0.15) is 0 Å². The van der Waals surface area contributed by atoms with Crippen LogP contribution in [-0.2, 0) is 6.61 Å². The maximum Gasteiger partial charge on any atom is 0.358 e. The lowest BCUT2D eigenvalue weighted by Gasteiger charge is -2.10. The molecular formula is C14H11F2NO3. The number of carbonyl (C=O) groups is 1. The van der Waals surface area contributed by atoms with Crippen molar-refractivity contribution >= 4 is 5.97 Å². The number of ether oxygens (including phenoxy) is 1. The van der Waals surface area contributed by atoms with Crippen molar-refractivity contribution in [2.24, 2.45) is 0 Å². The zero-order valence-corrected chi connectivity index (χ0v) is 10.6. The Labute approximate surface area is 113 Å². The summed E-state index contributed by atoms with van der Waals surface area (Å²) >= 11 is 0. The van der Waals surface area contributed by atoms with Gasteiger partial charge in [0.2, 0.25) is 0 Å². The number of hydrogen-bond acceptors (Lipinski definition) is 3. The average Bonchev–Trinajstić information content (AvgIpc) is 2.41. The molecule has 0 saturated carbocycles. The summed E-state index contributed by atoms with van der Waals surface area (Å²) in [6, 6.07) is 6.71. The average molecular weight is 279 g/mol. The van der Waals surface area contributed by atoms with Crippen LogP contribution in [-0.4, -0.2) is 16.1 Å². The van der Waals surface area contributed by atoms with E-state index in [4.69, 9.17) is 9.84 Å². The Balaban J connectivity index is 2.23.